The zero-order valence-corrected chi connectivity index (χ0v) is 27.6. The summed E-state index contributed by atoms with van der Waals surface area (Å²) in [5.74, 6) is -1.93. The van der Waals surface area contributed by atoms with Gasteiger partial charge in [0.25, 0.3) is 5.56 Å². The lowest BCUT2D eigenvalue weighted by atomic mass is 9.92. The molecule has 2 heterocycles. The molecule has 0 bridgehead atoms. The number of rotatable bonds is 12. The Bertz CT molecular complexity index is 1780. The molecule has 2 N–H and O–H groups in total. The smallest absolute Gasteiger partial charge is 0.416 e. The molecule has 8 nitrogen and oxygen atoms in total. The van der Waals surface area contributed by atoms with Crippen molar-refractivity contribution in [3.63, 3.8) is 0 Å². The van der Waals surface area contributed by atoms with Gasteiger partial charge in [-0.2, -0.15) is 13.2 Å². The lowest BCUT2D eigenvalue weighted by Crippen LogP contribution is -2.40. The molecule has 4 aromatic rings. The van der Waals surface area contributed by atoms with Crippen LogP contribution in [0, 0.1) is 19.8 Å². The molecule has 0 unspecified atom stereocenters. The second-order valence-electron chi connectivity index (χ2n) is 12.3. The zero-order valence-electron chi connectivity index (χ0n) is 26.7. The van der Waals surface area contributed by atoms with Crippen LogP contribution in [0.2, 0.25) is 0 Å². The number of hydrogen-bond donors (Lipinski definition) is 2. The van der Waals surface area contributed by atoms with Gasteiger partial charge in [-0.05, 0) is 86.7 Å². The molecular formula is C34H39F3N4O4S. The van der Waals surface area contributed by atoms with Crippen molar-refractivity contribution in [3.05, 3.63) is 86.3 Å². The number of hydrogen-bond acceptors (Lipinski definition) is 6. The average Bonchev–Trinajstić information content (AvgIpc) is 3.43. The van der Waals surface area contributed by atoms with E-state index >= 15 is 0 Å². The quantitative estimate of drug-likeness (QED) is 0.174. The number of carbonyl (C=O) groups is 2. The van der Waals surface area contributed by atoms with E-state index in [2.05, 4.69) is 10.3 Å². The maximum absolute atomic E-state index is 14.0. The van der Waals surface area contributed by atoms with Gasteiger partial charge in [-0.3, -0.25) is 14.4 Å². The number of aliphatic carboxylic acids is 1. The number of fused-ring (bicyclic) bond motifs is 1. The van der Waals surface area contributed by atoms with E-state index in [0.29, 0.717) is 23.7 Å². The number of benzene rings is 2. The zero-order chi connectivity index (χ0) is 33.9. The summed E-state index contributed by atoms with van der Waals surface area (Å²) in [6.45, 7) is 7.95. The molecule has 2 aromatic heterocycles. The van der Waals surface area contributed by atoms with Gasteiger partial charge in [0.15, 0.2) is 0 Å². The number of carboxylic acids is 1. The monoisotopic (exact) mass is 656 g/mol. The minimum absolute atomic E-state index is 0.00846. The summed E-state index contributed by atoms with van der Waals surface area (Å²) in [5, 5.41) is 12.7. The van der Waals surface area contributed by atoms with E-state index in [1.165, 1.54) is 11.3 Å². The van der Waals surface area contributed by atoms with Crippen molar-refractivity contribution in [2.45, 2.75) is 65.2 Å². The first kappa shape index (κ1) is 34.8. The number of nitrogens with zero attached hydrogens (tertiary/aromatic N) is 3. The minimum atomic E-state index is -4.75. The van der Waals surface area contributed by atoms with E-state index in [9.17, 15) is 32.7 Å². The molecule has 12 heteroatoms. The van der Waals surface area contributed by atoms with Crippen molar-refractivity contribution in [3.8, 4) is 11.1 Å². The summed E-state index contributed by atoms with van der Waals surface area (Å²) in [5.41, 5.74) is 4.67. The molecule has 46 heavy (non-hydrogen) atoms. The van der Waals surface area contributed by atoms with E-state index < -0.39 is 47.7 Å². The predicted octanol–water partition coefficient (Wildman–Crippen LogP) is 6.78. The Morgan fingerprint density at radius 2 is 1.78 bits per heavy atom. The molecule has 0 spiro atoms. The molecule has 1 amide bonds. The first-order valence-corrected chi connectivity index (χ1v) is 15.9. The third-order valence-electron chi connectivity index (χ3n) is 7.93. The van der Waals surface area contributed by atoms with Gasteiger partial charge >= 0.3 is 12.1 Å². The number of carboxylic acid groups (broad SMARTS) is 1. The first-order valence-electron chi connectivity index (χ1n) is 15.0. The molecule has 2 atom stereocenters. The van der Waals surface area contributed by atoms with Gasteiger partial charge in [-0.25, -0.2) is 4.98 Å². The second-order valence-corrected chi connectivity index (χ2v) is 13.2. The lowest BCUT2D eigenvalue weighted by molar-refractivity contribution is -0.139. The molecule has 0 saturated carbocycles. The normalized spacial score (nSPS) is 13.4. The summed E-state index contributed by atoms with van der Waals surface area (Å²) in [6, 6.07) is 7.92. The van der Waals surface area contributed by atoms with E-state index in [1.807, 2.05) is 52.0 Å². The van der Waals surface area contributed by atoms with Crippen molar-refractivity contribution < 1.29 is 27.9 Å². The molecule has 4 rings (SSSR count). The predicted molar refractivity (Wildman–Crippen MR) is 174 cm³/mol. The van der Waals surface area contributed by atoms with Crippen LogP contribution in [0.1, 0.15) is 66.6 Å². The van der Waals surface area contributed by atoms with Gasteiger partial charge in [0.2, 0.25) is 5.91 Å². The number of likely N-dealkylation sites (N-methyl/N-ethyl adjacent to an activating group) is 1. The SMILES string of the molecule is Cc1cccc(C)c1-c1cc([C@H](CC(=O)O)NC(=O)[C@H](CC(C)C)n2cc(CCN(C)C)c(C(F)(F)F)cc2=O)cc2ncsc12. The van der Waals surface area contributed by atoms with E-state index in [-0.39, 0.29) is 24.3 Å². The van der Waals surface area contributed by atoms with Crippen LogP contribution in [0.15, 0.2) is 52.9 Å². The number of carbonyl (C=O) groups excluding carboxylic acids is 1. The number of thiazole rings is 1. The Morgan fingerprint density at radius 3 is 2.37 bits per heavy atom. The fraction of sp³-hybridized carbons (Fsp3) is 0.412. The van der Waals surface area contributed by atoms with Crippen LogP contribution in [0.25, 0.3) is 21.3 Å². The van der Waals surface area contributed by atoms with Crippen molar-refractivity contribution in [1.82, 2.24) is 19.8 Å². The van der Waals surface area contributed by atoms with Crippen LogP contribution in [0.5, 0.6) is 0 Å². The number of pyridine rings is 1. The van der Waals surface area contributed by atoms with Crippen LogP contribution in [-0.2, 0) is 22.2 Å². The van der Waals surface area contributed by atoms with Gasteiger partial charge in [-0.1, -0.05) is 32.0 Å². The first-order chi connectivity index (χ1) is 21.6. The van der Waals surface area contributed by atoms with Crippen molar-refractivity contribution in [2.75, 3.05) is 20.6 Å². The van der Waals surface area contributed by atoms with Gasteiger partial charge in [0, 0.05) is 24.4 Å². The van der Waals surface area contributed by atoms with Crippen LogP contribution >= 0.6 is 11.3 Å². The summed E-state index contributed by atoms with van der Waals surface area (Å²) in [6.07, 6.45) is -3.92. The van der Waals surface area contributed by atoms with Crippen molar-refractivity contribution in [1.29, 1.82) is 0 Å². The van der Waals surface area contributed by atoms with Gasteiger partial charge < -0.3 is 19.9 Å². The highest BCUT2D eigenvalue weighted by Crippen LogP contribution is 2.38. The maximum Gasteiger partial charge on any atom is 0.416 e. The number of aryl methyl sites for hydroxylation is 2. The third kappa shape index (κ3) is 8.03. The highest BCUT2D eigenvalue weighted by molar-refractivity contribution is 7.17. The van der Waals surface area contributed by atoms with E-state index in [1.54, 1.807) is 30.6 Å². The molecule has 0 fully saturated rings. The number of nitrogens with one attached hydrogen (secondary N) is 1. The molecule has 246 valence electrons. The Labute approximate surface area is 269 Å². The Hall–Kier alpha value is -4.03. The molecule has 0 aliphatic carbocycles. The number of amides is 1. The summed E-state index contributed by atoms with van der Waals surface area (Å²) < 4.78 is 43.8. The van der Waals surface area contributed by atoms with Crippen molar-refractivity contribution >= 4 is 33.4 Å². The molecule has 2 aromatic carbocycles. The van der Waals surface area contributed by atoms with Crippen LogP contribution in [0.3, 0.4) is 0 Å². The van der Waals surface area contributed by atoms with Gasteiger partial charge in [0.1, 0.15) is 6.04 Å². The molecule has 0 aliphatic rings. The van der Waals surface area contributed by atoms with Gasteiger partial charge in [-0.15, -0.1) is 11.3 Å². The maximum atomic E-state index is 14.0. The highest BCUT2D eigenvalue weighted by atomic mass is 32.1. The van der Waals surface area contributed by atoms with Crippen LogP contribution in [-0.4, -0.2) is 52.1 Å². The van der Waals surface area contributed by atoms with Crippen LogP contribution < -0.4 is 10.9 Å². The Balaban J connectivity index is 1.81. The Morgan fingerprint density at radius 1 is 1.11 bits per heavy atom. The molecular weight excluding hydrogens is 617 g/mol. The number of aromatic nitrogens is 2. The van der Waals surface area contributed by atoms with Crippen molar-refractivity contribution in [2.24, 2.45) is 5.92 Å². The Kier molecular flexibility index (Phi) is 10.7. The van der Waals surface area contributed by atoms with E-state index in [0.717, 1.165) is 37.7 Å². The number of halogens is 3. The minimum Gasteiger partial charge on any atom is -0.481 e. The topological polar surface area (TPSA) is 105 Å². The largest absolute Gasteiger partial charge is 0.481 e. The number of alkyl halides is 3. The fourth-order valence-corrected chi connectivity index (χ4v) is 6.54. The molecule has 0 radical (unpaired) electrons. The third-order valence-corrected chi connectivity index (χ3v) is 8.81. The highest BCUT2D eigenvalue weighted by Gasteiger charge is 2.36. The average molecular weight is 657 g/mol. The fourth-order valence-electron chi connectivity index (χ4n) is 5.75. The molecule has 0 aliphatic heterocycles. The summed E-state index contributed by atoms with van der Waals surface area (Å²) >= 11 is 1.46. The van der Waals surface area contributed by atoms with Gasteiger partial charge in [0.05, 0.1) is 33.8 Å². The van der Waals surface area contributed by atoms with Crippen LogP contribution in [0.4, 0.5) is 13.2 Å². The second kappa shape index (κ2) is 14.2. The summed E-state index contributed by atoms with van der Waals surface area (Å²) in [7, 11) is 3.46. The lowest BCUT2D eigenvalue weighted by Gasteiger charge is -2.26. The molecule has 0 saturated heterocycles. The van der Waals surface area contributed by atoms with E-state index in [4.69, 9.17) is 0 Å². The summed E-state index contributed by atoms with van der Waals surface area (Å²) in [4.78, 5) is 45.5. The standard InChI is InChI=1S/C34H39F3N4O4S/c1-19(2)12-28(41-17-22(10-11-40(5)6)25(15-29(41)42)34(35,36)37)33(45)39-26(16-30(43)44)23-13-24(32-27(14-23)38-18-46-32)31-20(3)8-7-9-21(31)4/h7-9,13-15,17-19,26,28H,10-12,16H2,1-6H3,(H,39,45)(H,43,44)/t26-,28-/m0/s1.